The fourth-order valence-electron chi connectivity index (χ4n) is 4.06. The summed E-state index contributed by atoms with van der Waals surface area (Å²) < 4.78 is 13.8. The van der Waals surface area contributed by atoms with Crippen LogP contribution in [0.3, 0.4) is 0 Å². The van der Waals surface area contributed by atoms with E-state index < -0.39 is 16.6 Å². The van der Waals surface area contributed by atoms with Gasteiger partial charge < -0.3 is 9.15 Å². The molecule has 0 saturated heterocycles. The van der Waals surface area contributed by atoms with Gasteiger partial charge in [-0.25, -0.2) is 9.48 Å². The Morgan fingerprint density at radius 1 is 1.03 bits per heavy atom. The zero-order valence-electron chi connectivity index (χ0n) is 19.6. The number of aromatic nitrogens is 3. The van der Waals surface area contributed by atoms with Gasteiger partial charge in [0.15, 0.2) is 5.58 Å². The molecule has 0 aliphatic carbocycles. The average molecular weight is 498 g/mol. The molecule has 0 unspecified atom stereocenters. The van der Waals surface area contributed by atoms with Gasteiger partial charge in [-0.15, -0.1) is 0 Å². The molecule has 37 heavy (non-hydrogen) atoms. The molecule has 0 saturated carbocycles. The molecule has 0 fully saturated rings. The van der Waals surface area contributed by atoms with E-state index in [2.05, 4.69) is 0 Å². The number of rotatable bonds is 9. The highest BCUT2D eigenvalue weighted by Gasteiger charge is 2.16. The second-order valence-electron chi connectivity index (χ2n) is 8.34. The van der Waals surface area contributed by atoms with E-state index in [4.69, 9.17) is 14.3 Å². The van der Waals surface area contributed by atoms with Crippen molar-refractivity contribution in [3.05, 3.63) is 111 Å². The van der Waals surface area contributed by atoms with Gasteiger partial charge in [0.2, 0.25) is 0 Å². The Labute approximate surface area is 210 Å². The molecule has 10 nitrogen and oxygen atoms in total. The Balaban J connectivity index is 1.25. The normalized spacial score (nSPS) is 11.0. The standard InChI is InChI=1S/C27H22N4O6/c32-25(12-7-15-29-23-14-13-22(31(34)35)16-24(23)37-27(29)33)36-18-20-17-30(21-10-5-2-6-11-21)28-26(20)19-8-3-1-4-9-19/h1-6,8-11,13-14,16-17H,7,12,15,18H2. The van der Waals surface area contributed by atoms with Crippen molar-refractivity contribution in [2.45, 2.75) is 26.0 Å². The molecule has 10 heteroatoms. The Kier molecular flexibility index (Phi) is 6.62. The number of carbonyl (C=O) groups is 1. The summed E-state index contributed by atoms with van der Waals surface area (Å²) in [6, 6.07) is 23.3. The molecule has 3 aromatic carbocycles. The summed E-state index contributed by atoms with van der Waals surface area (Å²) in [5.74, 6) is -1.05. The average Bonchev–Trinajstić information content (AvgIpc) is 3.49. The van der Waals surface area contributed by atoms with Gasteiger partial charge in [0.05, 0.1) is 27.9 Å². The quantitative estimate of drug-likeness (QED) is 0.161. The minimum atomic E-state index is -0.635. The van der Waals surface area contributed by atoms with Crippen LogP contribution in [-0.4, -0.2) is 25.2 Å². The number of esters is 1. The lowest BCUT2D eigenvalue weighted by Crippen LogP contribution is -2.15. The summed E-state index contributed by atoms with van der Waals surface area (Å²) in [4.78, 5) is 35.1. The van der Waals surface area contributed by atoms with E-state index in [9.17, 15) is 19.7 Å². The van der Waals surface area contributed by atoms with E-state index >= 15 is 0 Å². The fourth-order valence-corrected chi connectivity index (χ4v) is 4.06. The number of fused-ring (bicyclic) bond motifs is 1. The first-order chi connectivity index (χ1) is 18.0. The maximum atomic E-state index is 12.5. The molecule has 0 N–H and O–H groups in total. The van der Waals surface area contributed by atoms with Crippen LogP contribution in [0.2, 0.25) is 0 Å². The van der Waals surface area contributed by atoms with E-state index in [1.54, 1.807) is 4.68 Å². The molecule has 5 aromatic rings. The number of oxazole rings is 1. The van der Waals surface area contributed by atoms with E-state index in [1.165, 1.54) is 22.8 Å². The number of non-ortho nitro benzene ring substituents is 1. The highest BCUT2D eigenvalue weighted by Crippen LogP contribution is 2.25. The van der Waals surface area contributed by atoms with Crippen LogP contribution in [0.15, 0.2) is 94.3 Å². The lowest BCUT2D eigenvalue weighted by atomic mass is 10.1. The van der Waals surface area contributed by atoms with Gasteiger partial charge >= 0.3 is 11.7 Å². The lowest BCUT2D eigenvalue weighted by molar-refractivity contribution is -0.384. The molecular weight excluding hydrogens is 476 g/mol. The Hall–Kier alpha value is -4.99. The van der Waals surface area contributed by atoms with Gasteiger partial charge in [0.1, 0.15) is 6.61 Å². The predicted octanol–water partition coefficient (Wildman–Crippen LogP) is 4.88. The number of nitrogens with zero attached hydrogens (tertiary/aromatic N) is 4. The number of aryl methyl sites for hydroxylation is 1. The first kappa shape index (κ1) is 23.7. The Morgan fingerprint density at radius 3 is 2.49 bits per heavy atom. The summed E-state index contributed by atoms with van der Waals surface area (Å²) in [6.07, 6.45) is 2.26. The van der Waals surface area contributed by atoms with Gasteiger partial charge in [-0.05, 0) is 24.6 Å². The summed E-state index contributed by atoms with van der Waals surface area (Å²) in [6.45, 7) is 0.258. The Morgan fingerprint density at radius 2 is 1.76 bits per heavy atom. The Bertz CT molecular complexity index is 1620. The number of para-hydroxylation sites is 1. The van der Waals surface area contributed by atoms with E-state index in [0.717, 1.165) is 22.5 Å². The van der Waals surface area contributed by atoms with Crippen LogP contribution in [-0.2, 0) is 22.7 Å². The van der Waals surface area contributed by atoms with Crippen LogP contribution in [0.1, 0.15) is 18.4 Å². The molecule has 2 aromatic heterocycles. The molecule has 5 rings (SSSR count). The third-order valence-electron chi connectivity index (χ3n) is 5.87. The molecule has 0 spiro atoms. The maximum absolute atomic E-state index is 12.5. The number of ether oxygens (including phenoxy) is 1. The molecule has 0 bridgehead atoms. The fraction of sp³-hybridized carbons (Fsp3) is 0.148. The van der Waals surface area contributed by atoms with Gasteiger partial charge in [0.25, 0.3) is 5.69 Å². The van der Waals surface area contributed by atoms with Crippen molar-refractivity contribution in [1.82, 2.24) is 14.3 Å². The number of nitro groups is 1. The van der Waals surface area contributed by atoms with Gasteiger partial charge in [-0.3, -0.25) is 19.5 Å². The lowest BCUT2D eigenvalue weighted by Gasteiger charge is -2.06. The smallest absolute Gasteiger partial charge is 0.419 e. The van der Waals surface area contributed by atoms with Crippen LogP contribution in [0.4, 0.5) is 5.69 Å². The predicted molar refractivity (Wildman–Crippen MR) is 135 cm³/mol. The maximum Gasteiger partial charge on any atom is 0.419 e. The molecule has 0 atom stereocenters. The zero-order valence-corrected chi connectivity index (χ0v) is 19.6. The molecule has 0 aliphatic heterocycles. The molecule has 0 radical (unpaired) electrons. The van der Waals surface area contributed by atoms with Crippen LogP contribution in [0, 0.1) is 10.1 Å². The zero-order chi connectivity index (χ0) is 25.8. The van der Waals surface area contributed by atoms with E-state index in [0.29, 0.717) is 11.9 Å². The second-order valence-corrected chi connectivity index (χ2v) is 8.34. The molecular formula is C27H22N4O6. The van der Waals surface area contributed by atoms with Crippen molar-refractivity contribution in [3.63, 3.8) is 0 Å². The number of hydrogen-bond acceptors (Lipinski definition) is 7. The number of carbonyl (C=O) groups excluding carboxylic acids is 1. The molecule has 2 heterocycles. The topological polar surface area (TPSA) is 122 Å². The third kappa shape index (κ3) is 5.18. The summed E-state index contributed by atoms with van der Waals surface area (Å²) in [5.41, 5.74) is 3.69. The van der Waals surface area contributed by atoms with Crippen LogP contribution >= 0.6 is 0 Å². The van der Waals surface area contributed by atoms with Crippen molar-refractivity contribution in [3.8, 4) is 16.9 Å². The highest BCUT2D eigenvalue weighted by atomic mass is 16.6. The van der Waals surface area contributed by atoms with Gasteiger partial charge in [-0.1, -0.05) is 48.5 Å². The van der Waals surface area contributed by atoms with Gasteiger partial charge in [-0.2, -0.15) is 5.10 Å². The second kappa shape index (κ2) is 10.3. The van der Waals surface area contributed by atoms with Crippen molar-refractivity contribution in [1.29, 1.82) is 0 Å². The van der Waals surface area contributed by atoms with Crippen molar-refractivity contribution in [2.75, 3.05) is 0 Å². The minimum Gasteiger partial charge on any atom is -0.461 e. The molecule has 0 aliphatic rings. The van der Waals surface area contributed by atoms with E-state index in [1.807, 2.05) is 66.9 Å². The summed E-state index contributed by atoms with van der Waals surface area (Å²) in [5, 5.41) is 15.7. The summed E-state index contributed by atoms with van der Waals surface area (Å²) >= 11 is 0. The molecule has 186 valence electrons. The largest absolute Gasteiger partial charge is 0.461 e. The van der Waals surface area contributed by atoms with Crippen LogP contribution in [0.25, 0.3) is 28.0 Å². The first-order valence-electron chi connectivity index (χ1n) is 11.6. The first-order valence-corrected chi connectivity index (χ1v) is 11.6. The number of nitro benzene ring substituents is 1. The number of hydrogen-bond donors (Lipinski definition) is 0. The summed E-state index contributed by atoms with van der Waals surface area (Å²) in [7, 11) is 0. The van der Waals surface area contributed by atoms with E-state index in [-0.39, 0.29) is 30.8 Å². The number of benzene rings is 3. The van der Waals surface area contributed by atoms with Crippen molar-refractivity contribution >= 4 is 22.8 Å². The monoisotopic (exact) mass is 498 g/mol. The highest BCUT2D eigenvalue weighted by molar-refractivity contribution is 5.76. The minimum absolute atomic E-state index is 0.0498. The van der Waals surface area contributed by atoms with Crippen molar-refractivity contribution < 1.29 is 18.9 Å². The van der Waals surface area contributed by atoms with Gasteiger partial charge in [0, 0.05) is 36.4 Å². The van der Waals surface area contributed by atoms with Crippen LogP contribution in [0.5, 0.6) is 0 Å². The third-order valence-corrected chi connectivity index (χ3v) is 5.87. The van der Waals surface area contributed by atoms with Crippen molar-refractivity contribution in [2.24, 2.45) is 0 Å². The van der Waals surface area contributed by atoms with Crippen LogP contribution < -0.4 is 5.76 Å². The SMILES string of the molecule is O=C(CCCn1c(=O)oc2cc([N+](=O)[O-])ccc21)OCc1cn(-c2ccccc2)nc1-c1ccccc1. The molecule has 0 amide bonds.